The summed E-state index contributed by atoms with van der Waals surface area (Å²) < 4.78 is 5.26. The maximum Gasteiger partial charge on any atom is 0.303 e. The lowest BCUT2D eigenvalue weighted by atomic mass is 10.1. The van der Waals surface area contributed by atoms with Crippen LogP contribution in [0.2, 0.25) is 0 Å². The van der Waals surface area contributed by atoms with Gasteiger partial charge in [0, 0.05) is 18.4 Å². The van der Waals surface area contributed by atoms with Gasteiger partial charge in [-0.1, -0.05) is 18.2 Å². The normalized spacial score (nSPS) is 11.7. The van der Waals surface area contributed by atoms with Gasteiger partial charge in [0.25, 0.3) is 0 Å². The van der Waals surface area contributed by atoms with Gasteiger partial charge in [0.1, 0.15) is 5.75 Å². The molecule has 1 atom stereocenters. The zero-order valence-corrected chi connectivity index (χ0v) is 11.9. The molecule has 0 saturated heterocycles. The fourth-order valence-electron chi connectivity index (χ4n) is 1.98. The number of rotatable bonds is 8. The first-order valence-corrected chi connectivity index (χ1v) is 6.68. The molecule has 0 aliphatic rings. The molecule has 0 unspecified atom stereocenters. The van der Waals surface area contributed by atoms with E-state index in [1.165, 1.54) is 0 Å². The number of para-hydroxylation sites is 1. The maximum atomic E-state index is 11.8. The number of methoxy groups -OCH3 is 1. The summed E-state index contributed by atoms with van der Waals surface area (Å²) in [6.45, 7) is 1.90. The molecule has 0 radical (unpaired) electrons. The number of aliphatic carboxylic acids is 1. The van der Waals surface area contributed by atoms with E-state index in [4.69, 9.17) is 9.84 Å². The van der Waals surface area contributed by atoms with Crippen LogP contribution < -0.4 is 10.1 Å². The molecule has 0 aliphatic heterocycles. The quantitative estimate of drug-likeness (QED) is 0.717. The number of ether oxygens (including phenoxy) is 1. The van der Waals surface area contributed by atoms with Crippen molar-refractivity contribution in [2.75, 3.05) is 7.11 Å². The molecule has 0 spiro atoms. The minimum atomic E-state index is -0.826. The van der Waals surface area contributed by atoms with Gasteiger partial charge in [0.05, 0.1) is 13.2 Å². The average molecular weight is 279 g/mol. The Bertz CT molecular complexity index is 459. The molecular formula is C15H21NO4. The molecule has 0 aliphatic carbocycles. The van der Waals surface area contributed by atoms with Crippen molar-refractivity contribution in [2.24, 2.45) is 0 Å². The summed E-state index contributed by atoms with van der Waals surface area (Å²) in [4.78, 5) is 22.1. The fourth-order valence-corrected chi connectivity index (χ4v) is 1.98. The Labute approximate surface area is 118 Å². The third kappa shape index (κ3) is 5.30. The van der Waals surface area contributed by atoms with E-state index in [1.54, 1.807) is 7.11 Å². The van der Waals surface area contributed by atoms with Crippen LogP contribution in [0, 0.1) is 0 Å². The lowest BCUT2D eigenvalue weighted by Gasteiger charge is -2.17. The molecule has 0 aromatic heterocycles. The maximum absolute atomic E-state index is 11.8. The molecule has 2 N–H and O–H groups in total. The predicted molar refractivity (Wildman–Crippen MR) is 75.7 cm³/mol. The minimum Gasteiger partial charge on any atom is -0.496 e. The lowest BCUT2D eigenvalue weighted by molar-refractivity contribution is -0.137. The van der Waals surface area contributed by atoms with Gasteiger partial charge >= 0.3 is 5.97 Å². The van der Waals surface area contributed by atoms with Crippen LogP contribution in [0.15, 0.2) is 24.3 Å². The molecule has 0 saturated carbocycles. The van der Waals surface area contributed by atoms with E-state index >= 15 is 0 Å². The molecule has 5 nitrogen and oxygen atoms in total. The van der Waals surface area contributed by atoms with E-state index in [0.717, 1.165) is 11.3 Å². The van der Waals surface area contributed by atoms with Crippen LogP contribution in [-0.2, 0) is 9.59 Å². The second kappa shape index (κ2) is 8.19. The molecule has 5 heteroatoms. The van der Waals surface area contributed by atoms with Crippen molar-refractivity contribution >= 4 is 11.9 Å². The molecule has 1 aromatic carbocycles. The number of carboxylic acid groups (broad SMARTS) is 1. The third-order valence-corrected chi connectivity index (χ3v) is 3.03. The number of nitrogens with one attached hydrogen (secondary N) is 1. The highest BCUT2D eigenvalue weighted by atomic mass is 16.5. The van der Waals surface area contributed by atoms with Crippen LogP contribution in [0.3, 0.4) is 0 Å². The number of carbonyl (C=O) groups is 2. The molecule has 1 rings (SSSR count). The molecular weight excluding hydrogens is 258 g/mol. The molecule has 20 heavy (non-hydrogen) atoms. The number of carbonyl (C=O) groups excluding carboxylic acids is 1. The van der Waals surface area contributed by atoms with Gasteiger partial charge in [-0.25, -0.2) is 0 Å². The smallest absolute Gasteiger partial charge is 0.303 e. The van der Waals surface area contributed by atoms with Crippen molar-refractivity contribution in [2.45, 2.75) is 38.6 Å². The zero-order valence-electron chi connectivity index (χ0n) is 11.9. The second-order valence-electron chi connectivity index (χ2n) is 4.63. The topological polar surface area (TPSA) is 75.6 Å². The van der Waals surface area contributed by atoms with E-state index < -0.39 is 5.97 Å². The number of amides is 1. The molecule has 1 amide bonds. The van der Waals surface area contributed by atoms with Crippen molar-refractivity contribution in [1.29, 1.82) is 0 Å². The van der Waals surface area contributed by atoms with E-state index in [9.17, 15) is 9.59 Å². The third-order valence-electron chi connectivity index (χ3n) is 3.03. The SMILES string of the molecule is COc1ccccc1[C@@H](C)NC(=O)CCCCC(=O)O. The predicted octanol–water partition coefficient (Wildman–Crippen LogP) is 2.52. The Kier molecular flexibility index (Phi) is 6.56. The van der Waals surface area contributed by atoms with Gasteiger partial charge in [-0.3, -0.25) is 9.59 Å². The Balaban J connectivity index is 2.43. The first kappa shape index (κ1) is 16.0. The van der Waals surface area contributed by atoms with Crippen LogP contribution in [-0.4, -0.2) is 24.1 Å². The summed E-state index contributed by atoms with van der Waals surface area (Å²) in [5.41, 5.74) is 0.925. The highest BCUT2D eigenvalue weighted by molar-refractivity contribution is 5.76. The highest BCUT2D eigenvalue weighted by Crippen LogP contribution is 2.24. The summed E-state index contributed by atoms with van der Waals surface area (Å²) in [6.07, 6.45) is 1.55. The van der Waals surface area contributed by atoms with Crippen LogP contribution in [0.1, 0.15) is 44.2 Å². The monoisotopic (exact) mass is 279 g/mol. The van der Waals surface area contributed by atoms with Crippen LogP contribution in [0.5, 0.6) is 5.75 Å². The lowest BCUT2D eigenvalue weighted by Crippen LogP contribution is -2.26. The van der Waals surface area contributed by atoms with Gasteiger partial charge in [-0.2, -0.15) is 0 Å². The summed E-state index contributed by atoms with van der Waals surface area (Å²) in [5, 5.41) is 11.4. The molecule has 0 bridgehead atoms. The summed E-state index contributed by atoms with van der Waals surface area (Å²) in [5.74, 6) is -0.159. The Hall–Kier alpha value is -2.04. The molecule has 0 fully saturated rings. The van der Waals surface area contributed by atoms with Gasteiger partial charge in [0.2, 0.25) is 5.91 Å². The number of hydrogen-bond donors (Lipinski definition) is 2. The van der Waals surface area contributed by atoms with Crippen molar-refractivity contribution in [3.05, 3.63) is 29.8 Å². The fraction of sp³-hybridized carbons (Fsp3) is 0.467. The van der Waals surface area contributed by atoms with Gasteiger partial charge in [0.15, 0.2) is 0 Å². The van der Waals surface area contributed by atoms with Crippen molar-refractivity contribution in [3.8, 4) is 5.75 Å². The largest absolute Gasteiger partial charge is 0.496 e. The van der Waals surface area contributed by atoms with Gasteiger partial charge < -0.3 is 15.2 Å². The Morgan fingerprint density at radius 1 is 1.25 bits per heavy atom. The second-order valence-corrected chi connectivity index (χ2v) is 4.63. The van der Waals surface area contributed by atoms with Crippen LogP contribution >= 0.6 is 0 Å². The summed E-state index contributed by atoms with van der Waals surface area (Å²) >= 11 is 0. The molecule has 110 valence electrons. The number of unbranched alkanes of at least 4 members (excludes halogenated alkanes) is 1. The summed E-state index contributed by atoms with van der Waals surface area (Å²) in [6, 6.07) is 7.40. The Morgan fingerprint density at radius 2 is 1.90 bits per heavy atom. The van der Waals surface area contributed by atoms with Gasteiger partial charge in [-0.15, -0.1) is 0 Å². The van der Waals surface area contributed by atoms with E-state index in [-0.39, 0.29) is 18.4 Å². The minimum absolute atomic E-state index is 0.0752. The van der Waals surface area contributed by atoms with E-state index in [1.807, 2.05) is 31.2 Å². The Morgan fingerprint density at radius 3 is 2.55 bits per heavy atom. The van der Waals surface area contributed by atoms with Crippen molar-refractivity contribution in [3.63, 3.8) is 0 Å². The molecule has 0 heterocycles. The number of carboxylic acids is 1. The number of hydrogen-bond acceptors (Lipinski definition) is 3. The standard InChI is InChI=1S/C15H21NO4/c1-11(12-7-3-4-8-13(12)20-2)16-14(17)9-5-6-10-15(18)19/h3-4,7-8,11H,5-6,9-10H2,1-2H3,(H,16,17)(H,18,19)/t11-/m1/s1. The van der Waals surface area contributed by atoms with E-state index in [0.29, 0.717) is 19.3 Å². The van der Waals surface area contributed by atoms with Crippen LogP contribution in [0.4, 0.5) is 0 Å². The van der Waals surface area contributed by atoms with Crippen LogP contribution in [0.25, 0.3) is 0 Å². The first-order valence-electron chi connectivity index (χ1n) is 6.68. The van der Waals surface area contributed by atoms with Crippen molar-refractivity contribution in [1.82, 2.24) is 5.32 Å². The van der Waals surface area contributed by atoms with E-state index in [2.05, 4.69) is 5.32 Å². The molecule has 1 aromatic rings. The first-order chi connectivity index (χ1) is 9.54. The van der Waals surface area contributed by atoms with Gasteiger partial charge in [-0.05, 0) is 25.8 Å². The number of benzene rings is 1. The zero-order chi connectivity index (χ0) is 15.0. The average Bonchev–Trinajstić information content (AvgIpc) is 2.43. The van der Waals surface area contributed by atoms with Crippen molar-refractivity contribution < 1.29 is 19.4 Å². The summed E-state index contributed by atoms with van der Waals surface area (Å²) in [7, 11) is 1.60. The highest BCUT2D eigenvalue weighted by Gasteiger charge is 2.13.